The minimum absolute atomic E-state index is 0.137. The number of nitrogens with one attached hydrogen (secondary N) is 1. The van der Waals surface area contributed by atoms with Gasteiger partial charge in [-0.05, 0) is 63.1 Å². The van der Waals surface area contributed by atoms with Crippen molar-refractivity contribution in [2.75, 3.05) is 41.3 Å². The molecule has 2 rings (SSSR count). The molecule has 1 aromatic heterocycles. The van der Waals surface area contributed by atoms with Gasteiger partial charge in [0.25, 0.3) is 5.91 Å². The maximum Gasteiger partial charge on any atom is 0.257 e. The number of anilines is 3. The number of carbonyl (C=O) groups excluding carboxylic acids is 1. The highest BCUT2D eigenvalue weighted by Gasteiger charge is 2.10. The van der Waals surface area contributed by atoms with E-state index in [2.05, 4.69) is 47.8 Å². The average molecular weight is 369 g/mol. The Morgan fingerprint density at radius 2 is 1.52 bits per heavy atom. The van der Waals surface area contributed by atoms with E-state index in [-0.39, 0.29) is 5.91 Å². The molecule has 2 aromatic rings. The minimum Gasteiger partial charge on any atom is -0.372 e. The van der Waals surface area contributed by atoms with Crippen LogP contribution in [0, 0.1) is 0 Å². The third kappa shape index (κ3) is 5.71. The molecule has 146 valence electrons. The Bertz CT molecular complexity index is 687. The maximum absolute atomic E-state index is 12.5. The molecule has 1 amide bonds. The number of carbonyl (C=O) groups is 1. The molecule has 0 aliphatic rings. The Morgan fingerprint density at radius 3 is 2.00 bits per heavy atom. The Morgan fingerprint density at radius 1 is 0.889 bits per heavy atom. The third-order valence-electron chi connectivity index (χ3n) is 4.57. The van der Waals surface area contributed by atoms with E-state index < -0.39 is 0 Å². The van der Waals surface area contributed by atoms with Crippen LogP contribution in [0.5, 0.6) is 0 Å². The number of nitrogens with zero attached hydrogens (tertiary/aromatic N) is 3. The molecule has 0 bridgehead atoms. The fourth-order valence-corrected chi connectivity index (χ4v) is 3.14. The smallest absolute Gasteiger partial charge is 0.257 e. The van der Waals surface area contributed by atoms with Crippen LogP contribution < -0.4 is 15.1 Å². The third-order valence-corrected chi connectivity index (χ3v) is 4.57. The normalized spacial score (nSPS) is 10.5. The molecular weight excluding hydrogens is 336 g/mol. The SMILES string of the molecule is CCCN(CCC)c1ccc(C(=O)Nc2ccc(N(CC)CC)cc2)cn1. The van der Waals surface area contributed by atoms with Crippen LogP contribution in [0.2, 0.25) is 0 Å². The highest BCUT2D eigenvalue weighted by Crippen LogP contribution is 2.19. The van der Waals surface area contributed by atoms with Crippen LogP contribution in [-0.4, -0.2) is 37.1 Å². The van der Waals surface area contributed by atoms with E-state index in [1.165, 1.54) is 0 Å². The molecule has 5 nitrogen and oxygen atoms in total. The van der Waals surface area contributed by atoms with E-state index in [1.807, 2.05) is 36.4 Å². The Kier molecular flexibility index (Phi) is 8.11. The van der Waals surface area contributed by atoms with Gasteiger partial charge in [0.15, 0.2) is 0 Å². The highest BCUT2D eigenvalue weighted by atomic mass is 16.1. The number of rotatable bonds is 10. The Labute approximate surface area is 163 Å². The largest absolute Gasteiger partial charge is 0.372 e. The fraction of sp³-hybridized carbons (Fsp3) is 0.455. The molecule has 0 aliphatic heterocycles. The van der Waals surface area contributed by atoms with Crippen molar-refractivity contribution in [1.29, 1.82) is 0 Å². The molecule has 0 aliphatic carbocycles. The number of pyridine rings is 1. The number of aromatic nitrogens is 1. The van der Waals surface area contributed by atoms with Gasteiger partial charge in [-0.15, -0.1) is 0 Å². The number of hydrogen-bond donors (Lipinski definition) is 1. The van der Waals surface area contributed by atoms with Crippen LogP contribution in [0.4, 0.5) is 17.2 Å². The molecule has 5 heteroatoms. The molecule has 1 N–H and O–H groups in total. The van der Waals surface area contributed by atoms with Crippen LogP contribution in [0.1, 0.15) is 50.9 Å². The molecule has 27 heavy (non-hydrogen) atoms. The van der Waals surface area contributed by atoms with Gasteiger partial charge in [-0.2, -0.15) is 0 Å². The van der Waals surface area contributed by atoms with Gasteiger partial charge in [-0.1, -0.05) is 13.8 Å². The van der Waals surface area contributed by atoms with Gasteiger partial charge in [0, 0.05) is 43.8 Å². The Balaban J connectivity index is 2.03. The van der Waals surface area contributed by atoms with Gasteiger partial charge < -0.3 is 15.1 Å². The van der Waals surface area contributed by atoms with Crippen molar-refractivity contribution in [2.24, 2.45) is 0 Å². The molecule has 0 saturated carbocycles. The summed E-state index contributed by atoms with van der Waals surface area (Å²) in [6, 6.07) is 11.7. The summed E-state index contributed by atoms with van der Waals surface area (Å²) in [5.41, 5.74) is 2.52. The second-order valence-electron chi connectivity index (χ2n) is 6.57. The molecule has 0 spiro atoms. The molecular formula is C22H32N4O. The lowest BCUT2D eigenvalue weighted by atomic mass is 10.2. The predicted octanol–water partition coefficient (Wildman–Crippen LogP) is 4.81. The van der Waals surface area contributed by atoms with E-state index >= 15 is 0 Å². The summed E-state index contributed by atoms with van der Waals surface area (Å²) in [5, 5.41) is 2.95. The zero-order valence-electron chi connectivity index (χ0n) is 17.0. The summed E-state index contributed by atoms with van der Waals surface area (Å²) < 4.78 is 0. The maximum atomic E-state index is 12.5. The van der Waals surface area contributed by atoms with Crippen molar-refractivity contribution in [3.05, 3.63) is 48.2 Å². The lowest BCUT2D eigenvalue weighted by Gasteiger charge is -2.22. The molecule has 0 saturated heterocycles. The average Bonchev–Trinajstić information content (AvgIpc) is 2.70. The van der Waals surface area contributed by atoms with Crippen molar-refractivity contribution in [3.8, 4) is 0 Å². The van der Waals surface area contributed by atoms with Crippen molar-refractivity contribution in [1.82, 2.24) is 4.98 Å². The number of benzene rings is 1. The zero-order valence-corrected chi connectivity index (χ0v) is 17.0. The summed E-state index contributed by atoms with van der Waals surface area (Å²) in [5.74, 6) is 0.793. The zero-order chi connectivity index (χ0) is 19.6. The summed E-state index contributed by atoms with van der Waals surface area (Å²) >= 11 is 0. The fourth-order valence-electron chi connectivity index (χ4n) is 3.14. The standard InChI is InChI=1S/C22H32N4O/c1-5-15-26(16-6-2)21-14-9-18(17-23-21)22(27)24-19-10-12-20(13-11-19)25(7-3)8-4/h9-14,17H,5-8,15-16H2,1-4H3,(H,24,27). The van der Waals surface area contributed by atoms with Gasteiger partial charge in [0.2, 0.25) is 0 Å². The van der Waals surface area contributed by atoms with Crippen LogP contribution in [-0.2, 0) is 0 Å². The summed E-state index contributed by atoms with van der Waals surface area (Å²) in [6.07, 6.45) is 3.81. The first-order valence-electron chi connectivity index (χ1n) is 10.00. The monoisotopic (exact) mass is 368 g/mol. The van der Waals surface area contributed by atoms with Crippen molar-refractivity contribution in [2.45, 2.75) is 40.5 Å². The lowest BCUT2D eigenvalue weighted by molar-refractivity contribution is 0.102. The van der Waals surface area contributed by atoms with E-state index in [9.17, 15) is 4.79 Å². The second kappa shape index (κ2) is 10.6. The van der Waals surface area contributed by atoms with Crippen LogP contribution >= 0.6 is 0 Å². The van der Waals surface area contributed by atoms with Gasteiger partial charge in [-0.25, -0.2) is 4.98 Å². The van der Waals surface area contributed by atoms with E-state index in [0.29, 0.717) is 5.56 Å². The van der Waals surface area contributed by atoms with Crippen LogP contribution in [0.3, 0.4) is 0 Å². The number of amides is 1. The van der Waals surface area contributed by atoms with E-state index in [4.69, 9.17) is 0 Å². The topological polar surface area (TPSA) is 48.5 Å². The quantitative estimate of drug-likeness (QED) is 0.654. The highest BCUT2D eigenvalue weighted by molar-refractivity contribution is 6.04. The van der Waals surface area contributed by atoms with Crippen LogP contribution in [0.25, 0.3) is 0 Å². The summed E-state index contributed by atoms with van der Waals surface area (Å²) in [4.78, 5) is 21.5. The predicted molar refractivity (Wildman–Crippen MR) is 115 cm³/mol. The molecule has 0 unspecified atom stereocenters. The van der Waals surface area contributed by atoms with Crippen molar-refractivity contribution < 1.29 is 4.79 Å². The van der Waals surface area contributed by atoms with Gasteiger partial charge in [-0.3, -0.25) is 4.79 Å². The number of hydrogen-bond acceptors (Lipinski definition) is 4. The van der Waals surface area contributed by atoms with Crippen molar-refractivity contribution >= 4 is 23.1 Å². The summed E-state index contributed by atoms with van der Waals surface area (Å²) in [6.45, 7) is 12.5. The molecule has 1 heterocycles. The van der Waals surface area contributed by atoms with E-state index in [0.717, 1.165) is 56.2 Å². The van der Waals surface area contributed by atoms with Gasteiger partial charge in [0.1, 0.15) is 5.82 Å². The lowest BCUT2D eigenvalue weighted by Crippen LogP contribution is -2.26. The first-order chi connectivity index (χ1) is 13.1. The van der Waals surface area contributed by atoms with Crippen molar-refractivity contribution in [3.63, 3.8) is 0 Å². The molecule has 0 atom stereocenters. The van der Waals surface area contributed by atoms with Gasteiger partial charge >= 0.3 is 0 Å². The molecule has 0 radical (unpaired) electrons. The van der Waals surface area contributed by atoms with Crippen LogP contribution in [0.15, 0.2) is 42.6 Å². The second-order valence-corrected chi connectivity index (χ2v) is 6.57. The van der Waals surface area contributed by atoms with E-state index in [1.54, 1.807) is 6.20 Å². The summed E-state index contributed by atoms with van der Waals surface area (Å²) in [7, 11) is 0. The first kappa shape index (κ1) is 20.7. The molecule has 1 aromatic carbocycles. The molecule has 0 fully saturated rings. The minimum atomic E-state index is -0.137. The Hall–Kier alpha value is -2.56. The first-order valence-corrected chi connectivity index (χ1v) is 10.00. The van der Waals surface area contributed by atoms with Gasteiger partial charge in [0.05, 0.1) is 5.56 Å².